The number of nitrogens with zero attached hydrogens (tertiary/aromatic N) is 3. The third kappa shape index (κ3) is 3.19. The second-order valence-electron chi connectivity index (χ2n) is 4.79. The van der Waals surface area contributed by atoms with Crippen molar-refractivity contribution in [3.8, 4) is 11.4 Å². The number of nitrogens with two attached hydrogens (primary N) is 1. The van der Waals surface area contributed by atoms with E-state index < -0.39 is 5.97 Å². The molecule has 0 spiro atoms. The number of hydrogen-bond donors (Lipinski definition) is 2. The number of carboxylic acids is 1. The zero-order chi connectivity index (χ0) is 16.2. The Kier molecular flexibility index (Phi) is 4.29. The van der Waals surface area contributed by atoms with E-state index in [2.05, 4.69) is 10.2 Å². The van der Waals surface area contributed by atoms with Crippen LogP contribution in [0.2, 0.25) is 0 Å². The normalized spacial score (nSPS) is 10.6. The average molecular weight is 326 g/mol. The van der Waals surface area contributed by atoms with Crippen LogP contribution in [0.15, 0.2) is 59.8 Å². The molecule has 7 heteroatoms. The smallest absolute Gasteiger partial charge is 0.335 e. The summed E-state index contributed by atoms with van der Waals surface area (Å²) in [4.78, 5) is 11.2. The first-order valence-electron chi connectivity index (χ1n) is 6.86. The molecule has 0 unspecified atom stereocenters. The van der Waals surface area contributed by atoms with Crippen LogP contribution >= 0.6 is 11.8 Å². The number of thioether (sulfide) groups is 1. The fourth-order valence-corrected chi connectivity index (χ4v) is 3.02. The Balaban J connectivity index is 1.80. The molecular weight excluding hydrogens is 312 g/mol. The molecule has 116 valence electrons. The van der Waals surface area contributed by atoms with Gasteiger partial charge < -0.3 is 10.9 Å². The standard InChI is InChI=1S/C16H14N4O2S/c17-20-14(11-6-2-1-3-7-11)18-19-16(20)23-10-12-8-4-5-9-13(12)15(21)22/h1-9H,10,17H2,(H,21,22). The Morgan fingerprint density at radius 1 is 1.09 bits per heavy atom. The molecule has 1 heterocycles. The summed E-state index contributed by atoms with van der Waals surface area (Å²) in [5, 5.41) is 17.9. The minimum atomic E-state index is -0.944. The average Bonchev–Trinajstić information content (AvgIpc) is 2.94. The van der Waals surface area contributed by atoms with Gasteiger partial charge in [0.15, 0.2) is 5.82 Å². The molecule has 3 N–H and O–H groups in total. The van der Waals surface area contributed by atoms with Gasteiger partial charge in [0.1, 0.15) is 0 Å². The third-order valence-corrected chi connectivity index (χ3v) is 4.29. The van der Waals surface area contributed by atoms with E-state index in [1.54, 1.807) is 18.2 Å². The fourth-order valence-electron chi connectivity index (χ4n) is 2.16. The van der Waals surface area contributed by atoms with Crippen LogP contribution in [0.4, 0.5) is 0 Å². The first-order chi connectivity index (χ1) is 11.2. The highest BCUT2D eigenvalue weighted by Crippen LogP contribution is 2.25. The first-order valence-corrected chi connectivity index (χ1v) is 7.85. The number of aromatic carboxylic acids is 1. The van der Waals surface area contributed by atoms with Crippen LogP contribution in [0.5, 0.6) is 0 Å². The van der Waals surface area contributed by atoms with E-state index in [1.165, 1.54) is 16.4 Å². The lowest BCUT2D eigenvalue weighted by atomic mass is 10.1. The summed E-state index contributed by atoms with van der Waals surface area (Å²) in [7, 11) is 0. The summed E-state index contributed by atoms with van der Waals surface area (Å²) in [6.45, 7) is 0. The Hall–Kier alpha value is -2.80. The maximum absolute atomic E-state index is 11.2. The summed E-state index contributed by atoms with van der Waals surface area (Å²) in [6, 6.07) is 16.4. The van der Waals surface area contributed by atoms with Gasteiger partial charge >= 0.3 is 5.97 Å². The van der Waals surface area contributed by atoms with Gasteiger partial charge in [-0.25, -0.2) is 9.47 Å². The van der Waals surface area contributed by atoms with E-state index in [9.17, 15) is 9.90 Å². The molecule has 0 amide bonds. The fraction of sp³-hybridized carbons (Fsp3) is 0.0625. The van der Waals surface area contributed by atoms with E-state index in [4.69, 9.17) is 5.84 Å². The zero-order valence-corrected chi connectivity index (χ0v) is 12.9. The second kappa shape index (κ2) is 6.53. The van der Waals surface area contributed by atoms with Gasteiger partial charge in [-0.15, -0.1) is 10.2 Å². The first kappa shape index (κ1) is 15.1. The van der Waals surface area contributed by atoms with Crippen LogP contribution < -0.4 is 5.84 Å². The molecule has 0 aliphatic carbocycles. The van der Waals surface area contributed by atoms with E-state index in [0.717, 1.165) is 5.56 Å². The summed E-state index contributed by atoms with van der Waals surface area (Å²) in [6.07, 6.45) is 0. The number of nitrogen functional groups attached to an aromatic ring is 1. The molecule has 3 rings (SSSR count). The zero-order valence-electron chi connectivity index (χ0n) is 12.1. The SMILES string of the molecule is Nn1c(SCc2ccccc2C(=O)O)nnc1-c1ccccc1. The molecule has 23 heavy (non-hydrogen) atoms. The van der Waals surface area contributed by atoms with Gasteiger partial charge in [0.2, 0.25) is 5.16 Å². The molecule has 6 nitrogen and oxygen atoms in total. The van der Waals surface area contributed by atoms with Crippen LogP contribution in [0.3, 0.4) is 0 Å². The van der Waals surface area contributed by atoms with E-state index in [1.807, 2.05) is 36.4 Å². The van der Waals surface area contributed by atoms with E-state index in [-0.39, 0.29) is 5.56 Å². The number of aromatic nitrogens is 3. The highest BCUT2D eigenvalue weighted by molar-refractivity contribution is 7.98. The number of carboxylic acid groups (broad SMARTS) is 1. The summed E-state index contributed by atoms with van der Waals surface area (Å²) in [5.41, 5.74) is 1.88. The molecule has 0 aliphatic heterocycles. The largest absolute Gasteiger partial charge is 0.478 e. The van der Waals surface area contributed by atoms with Crippen LogP contribution in [0.25, 0.3) is 11.4 Å². The van der Waals surface area contributed by atoms with Crippen molar-refractivity contribution in [3.63, 3.8) is 0 Å². The van der Waals surface area contributed by atoms with Gasteiger partial charge in [0.25, 0.3) is 0 Å². The lowest BCUT2D eigenvalue weighted by Gasteiger charge is -2.06. The van der Waals surface area contributed by atoms with Gasteiger partial charge in [-0.1, -0.05) is 60.3 Å². The molecule has 0 aliphatic rings. The van der Waals surface area contributed by atoms with Crippen molar-refractivity contribution in [1.29, 1.82) is 0 Å². The maximum atomic E-state index is 11.2. The minimum absolute atomic E-state index is 0.284. The number of rotatable bonds is 5. The number of hydrogen-bond acceptors (Lipinski definition) is 5. The van der Waals surface area contributed by atoms with Crippen molar-refractivity contribution in [1.82, 2.24) is 14.9 Å². The van der Waals surface area contributed by atoms with Crippen LogP contribution in [0.1, 0.15) is 15.9 Å². The van der Waals surface area contributed by atoms with Crippen LogP contribution in [0, 0.1) is 0 Å². The number of carbonyl (C=O) groups is 1. The second-order valence-corrected chi connectivity index (χ2v) is 5.74. The quantitative estimate of drug-likeness (QED) is 0.553. The predicted molar refractivity (Wildman–Crippen MR) is 88.6 cm³/mol. The molecule has 0 saturated heterocycles. The van der Waals surface area contributed by atoms with Crippen molar-refractivity contribution >= 4 is 17.7 Å². The van der Waals surface area contributed by atoms with Crippen LogP contribution in [-0.2, 0) is 5.75 Å². The Morgan fingerprint density at radius 3 is 2.52 bits per heavy atom. The van der Waals surface area contributed by atoms with Crippen molar-refractivity contribution in [2.75, 3.05) is 5.84 Å². The molecule has 0 fully saturated rings. The van der Waals surface area contributed by atoms with E-state index >= 15 is 0 Å². The van der Waals surface area contributed by atoms with Gasteiger partial charge in [-0.05, 0) is 11.6 Å². The molecule has 0 radical (unpaired) electrons. The van der Waals surface area contributed by atoms with Gasteiger partial charge in [-0.3, -0.25) is 0 Å². The molecule has 2 aromatic carbocycles. The summed E-state index contributed by atoms with van der Waals surface area (Å²) >= 11 is 1.35. The van der Waals surface area contributed by atoms with Crippen molar-refractivity contribution in [2.24, 2.45) is 0 Å². The highest BCUT2D eigenvalue weighted by atomic mass is 32.2. The molecule has 1 aromatic heterocycles. The Labute approximate surface area is 136 Å². The van der Waals surface area contributed by atoms with E-state index in [0.29, 0.717) is 22.3 Å². The maximum Gasteiger partial charge on any atom is 0.335 e. The molecular formula is C16H14N4O2S. The van der Waals surface area contributed by atoms with Crippen LogP contribution in [-0.4, -0.2) is 25.9 Å². The summed E-state index contributed by atoms with van der Waals surface area (Å²) in [5.74, 6) is 6.13. The molecule has 0 saturated carbocycles. The van der Waals surface area contributed by atoms with Gasteiger partial charge in [0, 0.05) is 11.3 Å². The van der Waals surface area contributed by atoms with Crippen molar-refractivity contribution < 1.29 is 9.90 Å². The van der Waals surface area contributed by atoms with Gasteiger partial charge in [-0.2, -0.15) is 0 Å². The van der Waals surface area contributed by atoms with Crippen molar-refractivity contribution in [2.45, 2.75) is 10.9 Å². The third-order valence-electron chi connectivity index (χ3n) is 3.30. The lowest BCUT2D eigenvalue weighted by molar-refractivity contribution is 0.0696. The highest BCUT2D eigenvalue weighted by Gasteiger charge is 2.14. The van der Waals surface area contributed by atoms with Gasteiger partial charge in [0.05, 0.1) is 5.56 Å². The Bertz CT molecular complexity index is 833. The monoisotopic (exact) mass is 326 g/mol. The topological polar surface area (TPSA) is 94.0 Å². The van der Waals surface area contributed by atoms with Crippen molar-refractivity contribution in [3.05, 3.63) is 65.7 Å². The Morgan fingerprint density at radius 2 is 1.78 bits per heavy atom. The summed E-state index contributed by atoms with van der Waals surface area (Å²) < 4.78 is 1.42. The molecule has 3 aromatic rings. The predicted octanol–water partition coefficient (Wildman–Crippen LogP) is 2.65. The minimum Gasteiger partial charge on any atom is -0.478 e. The molecule has 0 atom stereocenters. The molecule has 0 bridgehead atoms. The lowest BCUT2D eigenvalue weighted by Crippen LogP contribution is -2.11. The number of benzene rings is 2.